The van der Waals surface area contributed by atoms with Crippen LogP contribution in [0.2, 0.25) is 0 Å². The maximum Gasteiger partial charge on any atom is 0.127 e. The molecule has 17 heavy (non-hydrogen) atoms. The Morgan fingerprint density at radius 1 is 1.53 bits per heavy atom. The summed E-state index contributed by atoms with van der Waals surface area (Å²) in [4.78, 5) is 9.06. The van der Waals surface area contributed by atoms with Crippen LogP contribution in [0.3, 0.4) is 0 Å². The van der Waals surface area contributed by atoms with Crippen LogP contribution < -0.4 is 10.2 Å². The summed E-state index contributed by atoms with van der Waals surface area (Å²) in [5.74, 6) is 0.971. The molecule has 1 aromatic rings. The van der Waals surface area contributed by atoms with Crippen LogP contribution in [0.15, 0.2) is 18.3 Å². The van der Waals surface area contributed by atoms with Crippen molar-refractivity contribution in [1.29, 1.82) is 0 Å². The van der Waals surface area contributed by atoms with Gasteiger partial charge in [0.05, 0.1) is 0 Å². The lowest BCUT2D eigenvalue weighted by Gasteiger charge is -2.22. The Kier molecular flexibility index (Phi) is 3.84. The van der Waals surface area contributed by atoms with E-state index in [-0.39, 0.29) is 0 Å². The highest BCUT2D eigenvalue weighted by atomic mass is 15.2. The molecule has 1 aliphatic heterocycles. The molecule has 0 aromatic carbocycles. The van der Waals surface area contributed by atoms with Crippen molar-refractivity contribution >= 4 is 11.5 Å². The zero-order chi connectivity index (χ0) is 12.3. The number of anilines is 2. The fraction of sp³-hybridized carbons (Fsp3) is 0.615. The molecule has 1 N–H and O–H groups in total. The Labute approximate surface area is 104 Å². The van der Waals surface area contributed by atoms with Crippen LogP contribution in [0.1, 0.15) is 13.3 Å². The maximum atomic E-state index is 4.31. The van der Waals surface area contributed by atoms with Crippen LogP contribution in [0.25, 0.3) is 0 Å². The smallest absolute Gasteiger partial charge is 0.127 e. The molecule has 2 heterocycles. The van der Waals surface area contributed by atoms with E-state index in [9.17, 15) is 0 Å². The number of nitrogens with one attached hydrogen (secondary N) is 1. The van der Waals surface area contributed by atoms with Crippen LogP contribution in [0.4, 0.5) is 11.5 Å². The summed E-state index contributed by atoms with van der Waals surface area (Å²) in [5, 5.41) is 3.26. The van der Waals surface area contributed by atoms with Crippen molar-refractivity contribution in [1.82, 2.24) is 9.88 Å². The van der Waals surface area contributed by atoms with Gasteiger partial charge >= 0.3 is 0 Å². The number of hydrogen-bond acceptors (Lipinski definition) is 4. The van der Waals surface area contributed by atoms with E-state index in [1.807, 2.05) is 6.20 Å². The average Bonchev–Trinajstić information content (AvgIpc) is 2.79. The number of hydrogen-bond donors (Lipinski definition) is 1. The second-order valence-electron chi connectivity index (χ2n) is 4.78. The summed E-state index contributed by atoms with van der Waals surface area (Å²) in [5.41, 5.74) is 1.28. The molecule has 2 rings (SSSR count). The fourth-order valence-corrected chi connectivity index (χ4v) is 2.29. The Hall–Kier alpha value is -1.29. The monoisotopic (exact) mass is 234 g/mol. The Morgan fingerprint density at radius 3 is 3.00 bits per heavy atom. The van der Waals surface area contributed by atoms with Crippen molar-refractivity contribution in [3.63, 3.8) is 0 Å². The van der Waals surface area contributed by atoms with Gasteiger partial charge in [-0.15, -0.1) is 0 Å². The molecular formula is C13H22N4. The van der Waals surface area contributed by atoms with Gasteiger partial charge in [-0.1, -0.05) is 0 Å². The van der Waals surface area contributed by atoms with Crippen LogP contribution >= 0.6 is 0 Å². The third-order valence-corrected chi connectivity index (χ3v) is 3.36. The normalized spacial score (nSPS) is 20.0. The first-order valence-corrected chi connectivity index (χ1v) is 6.32. The first-order chi connectivity index (χ1) is 8.20. The van der Waals surface area contributed by atoms with Crippen molar-refractivity contribution in [2.45, 2.75) is 19.4 Å². The van der Waals surface area contributed by atoms with Gasteiger partial charge in [0, 0.05) is 43.6 Å². The standard InChI is InChI=1S/C13H22N4/c1-4-14-13-9-11(5-7-15-13)17-8-6-12(10-17)16(2)3/h5,7,9,12H,4,6,8,10H2,1-3H3,(H,14,15). The van der Waals surface area contributed by atoms with Crippen LogP contribution in [-0.2, 0) is 0 Å². The van der Waals surface area contributed by atoms with E-state index in [1.54, 1.807) is 0 Å². The molecule has 4 nitrogen and oxygen atoms in total. The van der Waals surface area contributed by atoms with Gasteiger partial charge in [0.1, 0.15) is 5.82 Å². The number of pyridine rings is 1. The largest absolute Gasteiger partial charge is 0.370 e. The molecule has 1 saturated heterocycles. The van der Waals surface area contributed by atoms with Crippen molar-refractivity contribution < 1.29 is 0 Å². The van der Waals surface area contributed by atoms with E-state index >= 15 is 0 Å². The molecule has 94 valence electrons. The van der Waals surface area contributed by atoms with Gasteiger partial charge in [-0.3, -0.25) is 0 Å². The highest BCUT2D eigenvalue weighted by molar-refractivity contribution is 5.54. The molecule has 0 aliphatic carbocycles. The molecule has 1 aliphatic rings. The molecule has 0 amide bonds. The molecule has 1 unspecified atom stereocenters. The Balaban J connectivity index is 2.05. The lowest BCUT2D eigenvalue weighted by molar-refractivity contribution is 0.315. The summed E-state index contributed by atoms with van der Waals surface area (Å²) in [7, 11) is 4.32. The second kappa shape index (κ2) is 5.36. The number of likely N-dealkylation sites (N-methyl/N-ethyl adjacent to an activating group) is 1. The topological polar surface area (TPSA) is 31.4 Å². The minimum Gasteiger partial charge on any atom is -0.370 e. The predicted octanol–water partition coefficient (Wildman–Crippen LogP) is 1.65. The third-order valence-electron chi connectivity index (χ3n) is 3.36. The molecule has 1 aromatic heterocycles. The van der Waals surface area contributed by atoms with Crippen molar-refractivity contribution in [2.24, 2.45) is 0 Å². The highest BCUT2D eigenvalue weighted by Crippen LogP contribution is 2.23. The minimum absolute atomic E-state index is 0.672. The van der Waals surface area contributed by atoms with Gasteiger partial charge in [0.15, 0.2) is 0 Å². The van der Waals surface area contributed by atoms with Crippen LogP contribution in [0.5, 0.6) is 0 Å². The van der Waals surface area contributed by atoms with Gasteiger partial charge in [-0.2, -0.15) is 0 Å². The molecule has 4 heteroatoms. The van der Waals surface area contributed by atoms with Crippen LogP contribution in [-0.4, -0.2) is 49.7 Å². The summed E-state index contributed by atoms with van der Waals surface area (Å²) >= 11 is 0. The van der Waals surface area contributed by atoms with Crippen LogP contribution in [0, 0.1) is 0 Å². The third kappa shape index (κ3) is 2.88. The van der Waals surface area contributed by atoms with Crippen molar-refractivity contribution in [2.75, 3.05) is 43.9 Å². The number of nitrogens with zero attached hydrogens (tertiary/aromatic N) is 3. The van der Waals surface area contributed by atoms with Gasteiger partial charge in [0.2, 0.25) is 0 Å². The summed E-state index contributed by atoms with van der Waals surface area (Å²) < 4.78 is 0. The van der Waals surface area contributed by atoms with E-state index in [0.717, 1.165) is 25.5 Å². The van der Waals surface area contributed by atoms with E-state index in [2.05, 4.69) is 53.3 Å². The Bertz CT molecular complexity index is 364. The fourth-order valence-electron chi connectivity index (χ4n) is 2.29. The van der Waals surface area contributed by atoms with Gasteiger partial charge in [0.25, 0.3) is 0 Å². The van der Waals surface area contributed by atoms with E-state index in [1.165, 1.54) is 12.1 Å². The average molecular weight is 234 g/mol. The predicted molar refractivity (Wildman–Crippen MR) is 72.7 cm³/mol. The number of rotatable bonds is 4. The lowest BCUT2D eigenvalue weighted by atomic mass is 10.2. The quantitative estimate of drug-likeness (QED) is 0.858. The summed E-state index contributed by atoms with van der Waals surface area (Å²) in [6.07, 6.45) is 3.13. The number of aromatic nitrogens is 1. The van der Waals surface area contributed by atoms with Crippen molar-refractivity contribution in [3.8, 4) is 0 Å². The zero-order valence-corrected chi connectivity index (χ0v) is 11.0. The van der Waals surface area contributed by atoms with Gasteiger partial charge in [-0.25, -0.2) is 4.98 Å². The molecule has 0 spiro atoms. The lowest BCUT2D eigenvalue weighted by Crippen LogP contribution is -2.31. The maximum absolute atomic E-state index is 4.31. The minimum atomic E-state index is 0.672. The van der Waals surface area contributed by atoms with E-state index in [0.29, 0.717) is 6.04 Å². The molecule has 0 bridgehead atoms. The molecule has 1 fully saturated rings. The highest BCUT2D eigenvalue weighted by Gasteiger charge is 2.24. The first-order valence-electron chi connectivity index (χ1n) is 6.32. The molecular weight excluding hydrogens is 212 g/mol. The summed E-state index contributed by atoms with van der Waals surface area (Å²) in [6.45, 7) is 5.25. The Morgan fingerprint density at radius 2 is 2.35 bits per heavy atom. The molecule has 0 saturated carbocycles. The first kappa shape index (κ1) is 12.2. The van der Waals surface area contributed by atoms with Crippen molar-refractivity contribution in [3.05, 3.63) is 18.3 Å². The van der Waals surface area contributed by atoms with Gasteiger partial charge in [-0.05, 0) is 33.5 Å². The molecule has 1 atom stereocenters. The molecule has 0 radical (unpaired) electrons. The van der Waals surface area contributed by atoms with Gasteiger partial charge < -0.3 is 15.1 Å². The zero-order valence-electron chi connectivity index (χ0n) is 11.0. The second-order valence-corrected chi connectivity index (χ2v) is 4.78. The van der Waals surface area contributed by atoms with E-state index < -0.39 is 0 Å². The summed E-state index contributed by atoms with van der Waals surface area (Å²) in [6, 6.07) is 4.91. The SMILES string of the molecule is CCNc1cc(N2CCC(N(C)C)C2)ccn1. The van der Waals surface area contributed by atoms with E-state index in [4.69, 9.17) is 0 Å².